The highest BCUT2D eigenvalue weighted by molar-refractivity contribution is 5.88. The fourth-order valence-electron chi connectivity index (χ4n) is 2.12. The number of nitrogens with one attached hydrogen (secondary N) is 2. The predicted molar refractivity (Wildman–Crippen MR) is 88.8 cm³/mol. The molecule has 0 unspecified atom stereocenters. The van der Waals surface area contributed by atoms with Crippen LogP contribution in [0.3, 0.4) is 0 Å². The normalized spacial score (nSPS) is 10.0. The van der Waals surface area contributed by atoms with Crippen LogP contribution in [0.1, 0.15) is 12.5 Å². The Morgan fingerprint density at radius 3 is 2.33 bits per heavy atom. The third-order valence-corrected chi connectivity index (χ3v) is 3.14. The summed E-state index contributed by atoms with van der Waals surface area (Å²) in [7, 11) is 4.06. The van der Waals surface area contributed by atoms with E-state index in [4.69, 9.17) is 0 Å². The Labute approximate surface area is 125 Å². The highest BCUT2D eigenvalue weighted by atomic mass is 16.1. The molecule has 4 nitrogen and oxygen atoms in total. The van der Waals surface area contributed by atoms with E-state index in [2.05, 4.69) is 27.7 Å². The Balaban J connectivity index is 2.02. The second-order valence-electron chi connectivity index (χ2n) is 5.14. The number of hydrogen-bond donors (Lipinski definition) is 2. The van der Waals surface area contributed by atoms with Gasteiger partial charge in [0.25, 0.3) is 0 Å². The molecule has 0 bridgehead atoms. The van der Waals surface area contributed by atoms with Gasteiger partial charge in [-0.15, -0.1) is 0 Å². The fourth-order valence-corrected chi connectivity index (χ4v) is 2.12. The van der Waals surface area contributed by atoms with Crippen molar-refractivity contribution in [2.75, 3.05) is 29.6 Å². The van der Waals surface area contributed by atoms with Crippen LogP contribution in [0.15, 0.2) is 48.5 Å². The molecule has 21 heavy (non-hydrogen) atoms. The third-order valence-electron chi connectivity index (χ3n) is 3.14. The van der Waals surface area contributed by atoms with Crippen molar-refractivity contribution in [3.05, 3.63) is 54.1 Å². The Kier molecular flexibility index (Phi) is 4.82. The fraction of sp³-hybridized carbons (Fsp3) is 0.235. The molecule has 4 heteroatoms. The zero-order chi connectivity index (χ0) is 15.2. The highest BCUT2D eigenvalue weighted by Gasteiger charge is 2.03. The molecule has 0 saturated carbocycles. The van der Waals surface area contributed by atoms with Gasteiger partial charge >= 0.3 is 0 Å². The summed E-state index contributed by atoms with van der Waals surface area (Å²) in [6.07, 6.45) is 0. The van der Waals surface area contributed by atoms with Crippen molar-refractivity contribution in [1.29, 1.82) is 0 Å². The van der Waals surface area contributed by atoms with Crippen molar-refractivity contribution in [3.8, 4) is 0 Å². The van der Waals surface area contributed by atoms with Crippen LogP contribution in [0.25, 0.3) is 0 Å². The molecule has 0 aliphatic carbocycles. The minimum Gasteiger partial charge on any atom is -0.379 e. The van der Waals surface area contributed by atoms with Crippen molar-refractivity contribution < 1.29 is 4.79 Å². The SMILES string of the molecule is CC(=O)Nc1ccc(CNc2ccccc2N(C)C)cc1. The Morgan fingerprint density at radius 2 is 1.71 bits per heavy atom. The van der Waals surface area contributed by atoms with Gasteiger partial charge in [-0.25, -0.2) is 0 Å². The monoisotopic (exact) mass is 283 g/mol. The standard InChI is InChI=1S/C17H21N3O/c1-13(21)19-15-10-8-14(9-11-15)12-18-16-6-4-5-7-17(16)20(2)3/h4-11,18H,12H2,1-3H3,(H,19,21). The first-order valence-electron chi connectivity index (χ1n) is 6.93. The van der Waals surface area contributed by atoms with E-state index in [-0.39, 0.29) is 5.91 Å². The molecule has 0 aliphatic rings. The molecule has 0 heterocycles. The van der Waals surface area contributed by atoms with E-state index >= 15 is 0 Å². The number of rotatable bonds is 5. The Hall–Kier alpha value is -2.49. The predicted octanol–water partition coefficient (Wildman–Crippen LogP) is 3.32. The van der Waals surface area contributed by atoms with Gasteiger partial charge < -0.3 is 15.5 Å². The van der Waals surface area contributed by atoms with Gasteiger partial charge in [0.15, 0.2) is 0 Å². The number of hydrogen-bond acceptors (Lipinski definition) is 3. The molecule has 0 saturated heterocycles. The maximum atomic E-state index is 11.0. The summed E-state index contributed by atoms with van der Waals surface area (Å²) in [6, 6.07) is 16.1. The summed E-state index contributed by atoms with van der Waals surface area (Å²) < 4.78 is 0. The molecule has 1 amide bonds. The van der Waals surface area contributed by atoms with Gasteiger partial charge in [0, 0.05) is 33.3 Å². The summed E-state index contributed by atoms with van der Waals surface area (Å²) in [5, 5.41) is 6.21. The molecule has 0 aromatic heterocycles. The number of para-hydroxylation sites is 2. The van der Waals surface area contributed by atoms with Crippen molar-refractivity contribution in [2.45, 2.75) is 13.5 Å². The van der Waals surface area contributed by atoms with Gasteiger partial charge in [0.1, 0.15) is 0 Å². The summed E-state index contributed by atoms with van der Waals surface area (Å²) in [4.78, 5) is 13.1. The van der Waals surface area contributed by atoms with Crippen LogP contribution >= 0.6 is 0 Å². The molecule has 0 fully saturated rings. The Morgan fingerprint density at radius 1 is 1.05 bits per heavy atom. The van der Waals surface area contributed by atoms with Crippen LogP contribution in [0.2, 0.25) is 0 Å². The van der Waals surface area contributed by atoms with Gasteiger partial charge in [0.05, 0.1) is 11.4 Å². The molecule has 2 aromatic rings. The number of benzene rings is 2. The van der Waals surface area contributed by atoms with Crippen molar-refractivity contribution >= 4 is 23.0 Å². The second-order valence-corrected chi connectivity index (χ2v) is 5.14. The summed E-state index contributed by atoms with van der Waals surface area (Å²) in [6.45, 7) is 2.25. The van der Waals surface area contributed by atoms with Crippen LogP contribution in [0, 0.1) is 0 Å². The number of carbonyl (C=O) groups is 1. The lowest BCUT2D eigenvalue weighted by atomic mass is 10.2. The maximum Gasteiger partial charge on any atom is 0.221 e. The molecule has 110 valence electrons. The van der Waals surface area contributed by atoms with Gasteiger partial charge in [-0.3, -0.25) is 4.79 Å². The number of amides is 1. The largest absolute Gasteiger partial charge is 0.379 e. The lowest BCUT2D eigenvalue weighted by Gasteiger charge is -2.18. The molecule has 2 aromatic carbocycles. The molecular weight excluding hydrogens is 262 g/mol. The molecule has 0 aliphatic heterocycles. The lowest BCUT2D eigenvalue weighted by Crippen LogP contribution is -2.12. The van der Waals surface area contributed by atoms with E-state index in [1.807, 2.05) is 50.5 Å². The summed E-state index contributed by atoms with van der Waals surface area (Å²) in [5.74, 6) is -0.0548. The first-order chi connectivity index (χ1) is 10.1. The zero-order valence-corrected chi connectivity index (χ0v) is 12.7. The number of nitrogens with zero attached hydrogens (tertiary/aromatic N) is 1. The number of carbonyl (C=O) groups excluding carboxylic acids is 1. The zero-order valence-electron chi connectivity index (χ0n) is 12.7. The quantitative estimate of drug-likeness (QED) is 0.884. The van der Waals surface area contributed by atoms with Gasteiger partial charge in [-0.2, -0.15) is 0 Å². The smallest absolute Gasteiger partial charge is 0.221 e. The van der Waals surface area contributed by atoms with Crippen molar-refractivity contribution in [2.24, 2.45) is 0 Å². The van der Waals surface area contributed by atoms with Crippen LogP contribution < -0.4 is 15.5 Å². The molecule has 0 spiro atoms. The summed E-state index contributed by atoms with van der Waals surface area (Å²) in [5.41, 5.74) is 4.25. The van der Waals surface area contributed by atoms with Crippen LogP contribution in [0.4, 0.5) is 17.1 Å². The van der Waals surface area contributed by atoms with E-state index < -0.39 is 0 Å². The topological polar surface area (TPSA) is 44.4 Å². The molecule has 2 N–H and O–H groups in total. The average molecular weight is 283 g/mol. The van der Waals surface area contributed by atoms with E-state index in [1.54, 1.807) is 0 Å². The average Bonchev–Trinajstić information content (AvgIpc) is 2.46. The van der Waals surface area contributed by atoms with Gasteiger partial charge in [0.2, 0.25) is 5.91 Å². The maximum absolute atomic E-state index is 11.0. The minimum absolute atomic E-state index is 0.0548. The van der Waals surface area contributed by atoms with Crippen LogP contribution in [-0.2, 0) is 11.3 Å². The van der Waals surface area contributed by atoms with Crippen LogP contribution in [-0.4, -0.2) is 20.0 Å². The Bertz CT molecular complexity index is 606. The third kappa shape index (κ3) is 4.24. The van der Waals surface area contributed by atoms with E-state index in [0.29, 0.717) is 0 Å². The molecule has 0 atom stereocenters. The highest BCUT2D eigenvalue weighted by Crippen LogP contribution is 2.24. The molecule has 0 radical (unpaired) electrons. The van der Waals surface area contributed by atoms with Crippen LogP contribution in [0.5, 0.6) is 0 Å². The first-order valence-corrected chi connectivity index (χ1v) is 6.93. The molecular formula is C17H21N3O. The first kappa shape index (κ1) is 14.9. The summed E-state index contributed by atoms with van der Waals surface area (Å²) >= 11 is 0. The van der Waals surface area contributed by atoms with Gasteiger partial charge in [-0.1, -0.05) is 24.3 Å². The number of anilines is 3. The van der Waals surface area contributed by atoms with E-state index in [1.165, 1.54) is 6.92 Å². The van der Waals surface area contributed by atoms with Gasteiger partial charge in [-0.05, 0) is 29.8 Å². The molecule has 2 rings (SSSR count). The van der Waals surface area contributed by atoms with E-state index in [9.17, 15) is 4.79 Å². The van der Waals surface area contributed by atoms with Crippen molar-refractivity contribution in [1.82, 2.24) is 0 Å². The lowest BCUT2D eigenvalue weighted by molar-refractivity contribution is -0.114. The van der Waals surface area contributed by atoms with Crippen molar-refractivity contribution in [3.63, 3.8) is 0 Å². The second kappa shape index (κ2) is 6.79. The van der Waals surface area contributed by atoms with E-state index in [0.717, 1.165) is 29.2 Å². The minimum atomic E-state index is -0.0548.